The minimum absolute atomic E-state index is 0. The Labute approximate surface area is 80.9 Å². The maximum absolute atomic E-state index is 9.99. The Balaban J connectivity index is -0.000000245. The molecule has 0 aromatic heterocycles. The van der Waals surface area contributed by atoms with E-state index < -0.39 is 5.97 Å². The zero-order valence-electron chi connectivity index (χ0n) is 6.26. The van der Waals surface area contributed by atoms with E-state index in [1.54, 1.807) is 0 Å². The normalized spacial score (nSPS) is 6.90. The molecule has 0 aliphatic rings. The molecule has 0 aliphatic carbocycles. The summed E-state index contributed by atoms with van der Waals surface area (Å²) >= 11 is 0. The fraction of sp³-hybridized carbons (Fsp3) is 0.667. The van der Waals surface area contributed by atoms with E-state index in [1.165, 1.54) is 0 Å². The molecule has 0 rings (SSSR count). The van der Waals surface area contributed by atoms with Crippen molar-refractivity contribution in [3.63, 3.8) is 0 Å². The van der Waals surface area contributed by atoms with Crippen molar-refractivity contribution >= 4 is 18.4 Å². The summed E-state index contributed by atoms with van der Waals surface area (Å²) in [5.41, 5.74) is 0. The molecule has 0 saturated carbocycles. The molecule has 0 aliphatic heterocycles. The molecule has 0 saturated heterocycles. The third-order valence-electron chi connectivity index (χ3n) is 0.761. The van der Waals surface area contributed by atoms with Crippen LogP contribution in [0, 0.1) is 6.92 Å². The molecular formula is C6H12ClO2Zn-. The van der Waals surface area contributed by atoms with Gasteiger partial charge >= 0.3 is 0 Å². The van der Waals surface area contributed by atoms with E-state index in [4.69, 9.17) is 0 Å². The van der Waals surface area contributed by atoms with Gasteiger partial charge in [0.2, 0.25) is 0 Å². The second-order valence-corrected chi connectivity index (χ2v) is 1.57. The van der Waals surface area contributed by atoms with E-state index in [-0.39, 0.29) is 31.9 Å². The molecule has 10 heavy (non-hydrogen) atoms. The molecule has 0 heterocycles. The summed E-state index contributed by atoms with van der Waals surface area (Å²) in [6.45, 7) is 5.60. The molecule has 58 valence electrons. The Bertz CT molecular complexity index is 78.1. The number of carbonyl (C=O) groups is 1. The molecule has 0 atom stereocenters. The van der Waals surface area contributed by atoms with Gasteiger partial charge in [-0.15, -0.1) is 12.4 Å². The van der Waals surface area contributed by atoms with E-state index in [1.807, 2.05) is 6.92 Å². The van der Waals surface area contributed by atoms with Gasteiger partial charge in [-0.05, 0) is 6.42 Å². The van der Waals surface area contributed by atoms with Crippen molar-refractivity contribution in [3.05, 3.63) is 6.92 Å². The molecule has 4 heteroatoms. The topological polar surface area (TPSA) is 26.3 Å². The van der Waals surface area contributed by atoms with E-state index in [0.717, 1.165) is 12.8 Å². The van der Waals surface area contributed by atoms with Gasteiger partial charge < -0.3 is 4.74 Å². The number of ether oxygens (including phenoxy) is 1. The molecule has 0 N–H and O–H groups in total. The van der Waals surface area contributed by atoms with Crippen LogP contribution in [-0.4, -0.2) is 12.6 Å². The Morgan fingerprint density at radius 3 is 2.40 bits per heavy atom. The Morgan fingerprint density at radius 1 is 1.60 bits per heavy atom. The van der Waals surface area contributed by atoms with Crippen molar-refractivity contribution in [1.82, 2.24) is 0 Å². The van der Waals surface area contributed by atoms with Crippen LogP contribution in [0.1, 0.15) is 19.8 Å². The average Bonchev–Trinajstić information content (AvgIpc) is 1.66. The van der Waals surface area contributed by atoms with Crippen molar-refractivity contribution in [2.45, 2.75) is 19.8 Å². The van der Waals surface area contributed by atoms with Crippen LogP contribution in [0.2, 0.25) is 0 Å². The van der Waals surface area contributed by atoms with Crippen molar-refractivity contribution in [2.24, 2.45) is 0 Å². The predicted octanol–water partition coefficient (Wildman–Crippen LogP) is 1.58. The smallest absolute Gasteiger partial charge is 0.164 e. The zero-order valence-corrected chi connectivity index (χ0v) is 10.0. The van der Waals surface area contributed by atoms with Gasteiger partial charge in [-0.25, -0.2) is 0 Å². The minimum Gasteiger partial charge on any atom is -0.488 e. The summed E-state index contributed by atoms with van der Waals surface area (Å²) in [6, 6.07) is 0. The molecule has 0 aromatic rings. The van der Waals surface area contributed by atoms with E-state index in [9.17, 15) is 4.79 Å². The van der Waals surface area contributed by atoms with Crippen molar-refractivity contribution in [1.29, 1.82) is 0 Å². The van der Waals surface area contributed by atoms with E-state index in [0.29, 0.717) is 6.61 Å². The summed E-state index contributed by atoms with van der Waals surface area (Å²) in [5.74, 6) is -0.432. The fourth-order valence-electron chi connectivity index (χ4n) is 0.330. The summed E-state index contributed by atoms with van der Waals surface area (Å²) in [4.78, 5) is 9.99. The number of unbranched alkanes of at least 4 members (excludes halogenated alkanes) is 1. The first kappa shape index (κ1) is 16.7. The fourth-order valence-corrected chi connectivity index (χ4v) is 0.330. The number of hydrogen-bond donors (Lipinski definition) is 0. The summed E-state index contributed by atoms with van der Waals surface area (Å²) in [7, 11) is 0. The molecular weight excluding hydrogens is 205 g/mol. The van der Waals surface area contributed by atoms with Crippen LogP contribution in [0.4, 0.5) is 0 Å². The van der Waals surface area contributed by atoms with Crippen LogP contribution >= 0.6 is 12.4 Å². The standard InChI is InChI=1S/C6H11O2.ClH.Zn/c1-3-4-5-8-6(2)7;;/h2-5H2,1H3;1H;/q-1;;. The summed E-state index contributed by atoms with van der Waals surface area (Å²) in [6.07, 6.45) is 1.98. The van der Waals surface area contributed by atoms with Crippen molar-refractivity contribution < 1.29 is 29.0 Å². The molecule has 0 bridgehead atoms. The monoisotopic (exact) mass is 215 g/mol. The molecule has 0 radical (unpaired) electrons. The maximum Gasteiger partial charge on any atom is 0.164 e. The van der Waals surface area contributed by atoms with Gasteiger partial charge in [-0.3, -0.25) is 11.7 Å². The van der Waals surface area contributed by atoms with Crippen molar-refractivity contribution in [2.75, 3.05) is 6.61 Å². The predicted molar refractivity (Wildman–Crippen MR) is 38.5 cm³/mol. The maximum atomic E-state index is 9.99. The first-order valence-electron chi connectivity index (χ1n) is 2.76. The van der Waals surface area contributed by atoms with Crippen molar-refractivity contribution in [3.8, 4) is 0 Å². The van der Waals surface area contributed by atoms with Crippen LogP contribution in [0.5, 0.6) is 0 Å². The molecule has 0 fully saturated rings. The van der Waals surface area contributed by atoms with Gasteiger partial charge in [0, 0.05) is 19.5 Å². The van der Waals surface area contributed by atoms with Crippen LogP contribution in [0.25, 0.3) is 0 Å². The molecule has 0 unspecified atom stereocenters. The second-order valence-electron chi connectivity index (χ2n) is 1.57. The average molecular weight is 217 g/mol. The Hall–Kier alpha value is 0.253. The molecule has 0 amide bonds. The van der Waals surface area contributed by atoms with Gasteiger partial charge in [-0.1, -0.05) is 13.3 Å². The number of halogens is 1. The Kier molecular flexibility index (Phi) is 20.0. The van der Waals surface area contributed by atoms with E-state index in [2.05, 4.69) is 11.7 Å². The number of esters is 1. The van der Waals surface area contributed by atoms with Gasteiger partial charge in [0.1, 0.15) is 0 Å². The Morgan fingerprint density at radius 2 is 2.10 bits per heavy atom. The van der Waals surface area contributed by atoms with Crippen LogP contribution in [0.3, 0.4) is 0 Å². The van der Waals surface area contributed by atoms with Crippen LogP contribution in [0.15, 0.2) is 0 Å². The third kappa shape index (κ3) is 15.7. The molecule has 0 spiro atoms. The second kappa shape index (κ2) is 12.0. The first-order chi connectivity index (χ1) is 3.77. The molecule has 2 nitrogen and oxygen atoms in total. The van der Waals surface area contributed by atoms with Gasteiger partial charge in [-0.2, -0.15) is 0 Å². The number of hydrogen-bond acceptors (Lipinski definition) is 2. The first-order valence-corrected chi connectivity index (χ1v) is 2.76. The molecule has 0 aromatic carbocycles. The number of rotatable bonds is 3. The summed E-state index contributed by atoms with van der Waals surface area (Å²) < 4.78 is 4.53. The van der Waals surface area contributed by atoms with Gasteiger partial charge in [0.05, 0.1) is 6.61 Å². The SMILES string of the molecule is Cl.[CH2-]C(=O)OCCCC.[Zn]. The largest absolute Gasteiger partial charge is 0.488 e. The summed E-state index contributed by atoms with van der Waals surface area (Å²) in [5, 5.41) is 0. The van der Waals surface area contributed by atoms with Crippen LogP contribution in [-0.2, 0) is 29.0 Å². The minimum atomic E-state index is -0.432. The third-order valence-corrected chi connectivity index (χ3v) is 0.761. The number of carbonyl (C=O) groups excluding carboxylic acids is 1. The van der Waals surface area contributed by atoms with Gasteiger partial charge in [0.15, 0.2) is 5.97 Å². The van der Waals surface area contributed by atoms with Crippen LogP contribution < -0.4 is 0 Å². The quantitative estimate of drug-likeness (QED) is 0.310. The van der Waals surface area contributed by atoms with E-state index >= 15 is 0 Å². The zero-order chi connectivity index (χ0) is 6.41. The van der Waals surface area contributed by atoms with Gasteiger partial charge in [0.25, 0.3) is 0 Å².